The van der Waals surface area contributed by atoms with Crippen LogP contribution in [0.4, 0.5) is 0 Å². The van der Waals surface area contributed by atoms with Crippen LogP contribution < -0.4 is 5.73 Å². The summed E-state index contributed by atoms with van der Waals surface area (Å²) in [6.45, 7) is 6.22. The molecule has 2 aliphatic heterocycles. The van der Waals surface area contributed by atoms with Gasteiger partial charge in [-0.25, -0.2) is 12.7 Å². The molecule has 0 aromatic rings. The van der Waals surface area contributed by atoms with Crippen LogP contribution >= 0.6 is 0 Å². The third-order valence-electron chi connectivity index (χ3n) is 4.66. The Morgan fingerprint density at radius 2 is 1.71 bits per heavy atom. The molecule has 0 atom stereocenters. The Morgan fingerprint density at radius 1 is 1.14 bits per heavy atom. The Kier molecular flexibility index (Phi) is 5.48. The highest BCUT2D eigenvalue weighted by molar-refractivity contribution is 7.88. The molecule has 2 aliphatic rings. The average Bonchev–Trinajstić information content (AvgIpc) is 2.45. The molecule has 0 amide bonds. The van der Waals surface area contributed by atoms with Gasteiger partial charge in [-0.2, -0.15) is 0 Å². The van der Waals surface area contributed by atoms with Gasteiger partial charge in [-0.3, -0.25) is 4.99 Å². The van der Waals surface area contributed by atoms with E-state index in [1.54, 1.807) is 4.31 Å². The first-order valence-corrected chi connectivity index (χ1v) is 9.71. The molecule has 2 heterocycles. The van der Waals surface area contributed by atoms with E-state index >= 15 is 0 Å². The summed E-state index contributed by atoms with van der Waals surface area (Å²) in [5, 5.41) is 0. The summed E-state index contributed by atoms with van der Waals surface area (Å²) < 4.78 is 24.5. The van der Waals surface area contributed by atoms with Crippen LogP contribution in [0.3, 0.4) is 0 Å². The lowest BCUT2D eigenvalue weighted by molar-refractivity contribution is 0.269. The summed E-state index contributed by atoms with van der Waals surface area (Å²) in [6, 6.07) is 0. The third-order valence-corrected chi connectivity index (χ3v) is 5.96. The highest BCUT2D eigenvalue weighted by Gasteiger charge is 2.25. The Morgan fingerprint density at radius 3 is 2.24 bits per heavy atom. The molecule has 0 unspecified atom stereocenters. The van der Waals surface area contributed by atoms with Crippen LogP contribution in [-0.4, -0.2) is 62.6 Å². The fourth-order valence-corrected chi connectivity index (χ4v) is 3.86. The van der Waals surface area contributed by atoms with E-state index in [9.17, 15) is 8.42 Å². The second kappa shape index (κ2) is 6.96. The summed E-state index contributed by atoms with van der Waals surface area (Å²) in [4.78, 5) is 6.71. The van der Waals surface area contributed by atoms with Crippen LogP contribution in [0.5, 0.6) is 0 Å². The molecule has 0 aromatic heterocycles. The molecule has 2 saturated heterocycles. The Bertz CT molecular complexity index is 461. The first-order valence-electron chi connectivity index (χ1n) is 7.86. The Hall–Kier alpha value is -0.820. The molecule has 0 spiro atoms. The molecule has 7 heteroatoms. The number of piperidine rings is 2. The predicted octanol–water partition coefficient (Wildman–Crippen LogP) is 0.705. The van der Waals surface area contributed by atoms with Crippen molar-refractivity contribution in [3.05, 3.63) is 0 Å². The minimum absolute atomic E-state index is 0.449. The van der Waals surface area contributed by atoms with Crippen LogP contribution in [0.1, 0.15) is 32.6 Å². The van der Waals surface area contributed by atoms with Crippen molar-refractivity contribution in [2.24, 2.45) is 22.6 Å². The van der Waals surface area contributed by atoms with Gasteiger partial charge in [0, 0.05) is 32.7 Å². The quantitative estimate of drug-likeness (QED) is 0.614. The number of sulfonamides is 1. The lowest BCUT2D eigenvalue weighted by Gasteiger charge is -2.32. The van der Waals surface area contributed by atoms with Crippen molar-refractivity contribution in [1.82, 2.24) is 9.21 Å². The van der Waals surface area contributed by atoms with Gasteiger partial charge >= 0.3 is 0 Å². The maximum atomic E-state index is 11.5. The van der Waals surface area contributed by atoms with Crippen molar-refractivity contribution in [2.45, 2.75) is 32.6 Å². The molecule has 2 N–H and O–H groups in total. The van der Waals surface area contributed by atoms with Gasteiger partial charge in [0.2, 0.25) is 10.0 Å². The summed E-state index contributed by atoms with van der Waals surface area (Å²) in [6.07, 6.45) is 5.40. The van der Waals surface area contributed by atoms with E-state index in [4.69, 9.17) is 5.73 Å². The Labute approximate surface area is 128 Å². The molecule has 0 saturated carbocycles. The van der Waals surface area contributed by atoms with E-state index in [1.807, 2.05) is 0 Å². The third kappa shape index (κ3) is 4.85. The van der Waals surface area contributed by atoms with Crippen molar-refractivity contribution in [2.75, 3.05) is 39.0 Å². The van der Waals surface area contributed by atoms with Crippen molar-refractivity contribution < 1.29 is 8.42 Å². The highest BCUT2D eigenvalue weighted by Crippen LogP contribution is 2.20. The van der Waals surface area contributed by atoms with Crippen LogP contribution in [0.25, 0.3) is 0 Å². The summed E-state index contributed by atoms with van der Waals surface area (Å²) in [5.74, 6) is 1.90. The molecule has 0 radical (unpaired) electrons. The number of likely N-dealkylation sites (tertiary alicyclic amines) is 1. The van der Waals surface area contributed by atoms with Crippen LogP contribution in [-0.2, 0) is 10.0 Å². The first kappa shape index (κ1) is 16.5. The second-order valence-corrected chi connectivity index (χ2v) is 8.46. The van der Waals surface area contributed by atoms with Gasteiger partial charge in [-0.1, -0.05) is 6.92 Å². The number of aliphatic imine (C=N–C) groups is 1. The molecule has 6 nitrogen and oxygen atoms in total. The summed E-state index contributed by atoms with van der Waals surface area (Å²) >= 11 is 0. The van der Waals surface area contributed by atoms with E-state index in [0.29, 0.717) is 25.0 Å². The number of hydrogen-bond acceptors (Lipinski definition) is 3. The molecule has 122 valence electrons. The maximum absolute atomic E-state index is 11.5. The molecule has 2 rings (SSSR count). The van der Waals surface area contributed by atoms with Gasteiger partial charge in [0.1, 0.15) is 0 Å². The number of guanidine groups is 1. The standard InChI is InChI=1S/C14H28N4O2S/c1-12-3-7-17(8-4-12)14(15)16-11-13-5-9-18(10-6-13)21(2,19)20/h12-13H,3-11H2,1-2H3,(H2,15,16). The molecule has 21 heavy (non-hydrogen) atoms. The normalized spacial score (nSPS) is 24.5. The number of nitrogens with zero attached hydrogens (tertiary/aromatic N) is 3. The fraction of sp³-hybridized carbons (Fsp3) is 0.929. The zero-order valence-electron chi connectivity index (χ0n) is 13.2. The van der Waals surface area contributed by atoms with Gasteiger partial charge < -0.3 is 10.6 Å². The van der Waals surface area contributed by atoms with Gasteiger partial charge in [0.15, 0.2) is 5.96 Å². The van der Waals surface area contributed by atoms with Gasteiger partial charge in [-0.15, -0.1) is 0 Å². The van der Waals surface area contributed by atoms with E-state index in [2.05, 4.69) is 16.8 Å². The minimum atomic E-state index is -3.04. The zero-order chi connectivity index (χ0) is 15.5. The molecular weight excluding hydrogens is 288 g/mol. The second-order valence-electron chi connectivity index (χ2n) is 6.47. The molecule has 0 aliphatic carbocycles. The van der Waals surface area contributed by atoms with Crippen molar-refractivity contribution >= 4 is 16.0 Å². The van der Waals surface area contributed by atoms with E-state index in [-0.39, 0.29) is 0 Å². The predicted molar refractivity (Wildman–Crippen MR) is 85.6 cm³/mol. The van der Waals surface area contributed by atoms with Crippen molar-refractivity contribution in [3.63, 3.8) is 0 Å². The maximum Gasteiger partial charge on any atom is 0.211 e. The van der Waals surface area contributed by atoms with Gasteiger partial charge in [0.05, 0.1) is 6.26 Å². The summed E-state index contributed by atoms with van der Waals surface area (Å²) in [5.41, 5.74) is 6.08. The zero-order valence-corrected chi connectivity index (χ0v) is 14.0. The van der Waals surface area contributed by atoms with E-state index in [1.165, 1.54) is 19.1 Å². The van der Waals surface area contributed by atoms with Gasteiger partial charge in [-0.05, 0) is 37.5 Å². The molecule has 2 fully saturated rings. The topological polar surface area (TPSA) is 79.0 Å². The number of hydrogen-bond donors (Lipinski definition) is 1. The SMILES string of the molecule is CC1CCN(C(N)=NCC2CCN(S(C)(=O)=O)CC2)CC1. The lowest BCUT2D eigenvalue weighted by atomic mass is 9.98. The fourth-order valence-electron chi connectivity index (χ4n) is 2.98. The van der Waals surface area contributed by atoms with E-state index in [0.717, 1.165) is 38.4 Å². The lowest BCUT2D eigenvalue weighted by Crippen LogP contribution is -2.43. The van der Waals surface area contributed by atoms with Crippen molar-refractivity contribution in [3.8, 4) is 0 Å². The first-order chi connectivity index (χ1) is 9.86. The monoisotopic (exact) mass is 316 g/mol. The molecule has 0 aromatic carbocycles. The van der Waals surface area contributed by atoms with Crippen molar-refractivity contribution in [1.29, 1.82) is 0 Å². The number of nitrogens with two attached hydrogens (primary N) is 1. The van der Waals surface area contributed by atoms with Crippen LogP contribution in [0.2, 0.25) is 0 Å². The highest BCUT2D eigenvalue weighted by atomic mass is 32.2. The van der Waals surface area contributed by atoms with Crippen LogP contribution in [0.15, 0.2) is 4.99 Å². The summed E-state index contributed by atoms with van der Waals surface area (Å²) in [7, 11) is -3.04. The van der Waals surface area contributed by atoms with Crippen LogP contribution in [0, 0.1) is 11.8 Å². The molecular formula is C14H28N4O2S. The minimum Gasteiger partial charge on any atom is -0.370 e. The Balaban J connectivity index is 1.77. The smallest absolute Gasteiger partial charge is 0.211 e. The largest absolute Gasteiger partial charge is 0.370 e. The van der Waals surface area contributed by atoms with E-state index < -0.39 is 10.0 Å². The van der Waals surface area contributed by atoms with Gasteiger partial charge in [0.25, 0.3) is 0 Å². The number of rotatable bonds is 3. The molecule has 0 bridgehead atoms. The average molecular weight is 316 g/mol.